The van der Waals surface area contributed by atoms with Gasteiger partial charge in [-0.15, -0.1) is 0 Å². The second-order valence-electron chi connectivity index (χ2n) is 3.30. The molecule has 1 aliphatic rings. The largest absolute Gasteiger partial charge is 0.461 e. The van der Waals surface area contributed by atoms with Gasteiger partial charge in [-0.05, 0) is 0 Å². The number of cyclic esters (lactones) is 1. The van der Waals surface area contributed by atoms with Gasteiger partial charge in [0.1, 0.15) is 6.10 Å². The molecule has 1 atom stereocenters. The number of halogens is 1. The molecule has 0 aliphatic carbocycles. The summed E-state index contributed by atoms with van der Waals surface area (Å²) in [5, 5.41) is 0. The van der Waals surface area contributed by atoms with Gasteiger partial charge < -0.3 is 4.74 Å². The summed E-state index contributed by atoms with van der Waals surface area (Å²) in [4.78, 5) is 10.8. The van der Waals surface area contributed by atoms with Crippen molar-refractivity contribution in [3.8, 4) is 0 Å². The third-order valence-corrected chi connectivity index (χ3v) is 2.69. The van der Waals surface area contributed by atoms with Crippen molar-refractivity contribution in [2.24, 2.45) is 5.41 Å². The maximum Gasteiger partial charge on any atom is 0.306 e. The predicted octanol–water partition coefficient (Wildman–Crippen LogP) is 1.76. The Morgan fingerprint density at radius 1 is 1.80 bits per heavy atom. The van der Waals surface area contributed by atoms with E-state index < -0.39 is 0 Å². The molecule has 0 saturated carbocycles. The smallest absolute Gasteiger partial charge is 0.306 e. The molecular formula is C7H11IO2. The molecular weight excluding hydrogens is 243 g/mol. The molecule has 0 unspecified atom stereocenters. The van der Waals surface area contributed by atoms with E-state index in [2.05, 4.69) is 36.4 Å². The lowest BCUT2D eigenvalue weighted by Crippen LogP contribution is -2.25. The minimum absolute atomic E-state index is 0.0494. The topological polar surface area (TPSA) is 26.3 Å². The zero-order valence-corrected chi connectivity index (χ0v) is 8.34. The van der Waals surface area contributed by atoms with E-state index in [0.29, 0.717) is 6.42 Å². The number of ether oxygens (including phenoxy) is 1. The zero-order chi connectivity index (χ0) is 7.78. The summed E-state index contributed by atoms with van der Waals surface area (Å²) < 4.78 is 5.98. The first kappa shape index (κ1) is 8.30. The molecule has 3 heteroatoms. The van der Waals surface area contributed by atoms with E-state index in [1.807, 2.05) is 0 Å². The van der Waals surface area contributed by atoms with Gasteiger partial charge in [0.05, 0.1) is 6.42 Å². The molecule has 0 bridgehead atoms. The highest BCUT2D eigenvalue weighted by atomic mass is 127. The highest BCUT2D eigenvalue weighted by Gasteiger charge is 2.40. The lowest BCUT2D eigenvalue weighted by atomic mass is 9.87. The van der Waals surface area contributed by atoms with Gasteiger partial charge in [-0.3, -0.25) is 4.79 Å². The van der Waals surface area contributed by atoms with Gasteiger partial charge in [-0.1, -0.05) is 36.4 Å². The molecule has 1 heterocycles. The average Bonchev–Trinajstić information content (AvgIpc) is 2.04. The van der Waals surface area contributed by atoms with Crippen LogP contribution in [0.1, 0.15) is 20.3 Å². The summed E-state index contributed by atoms with van der Waals surface area (Å²) >= 11 is 2.25. The Morgan fingerprint density at radius 2 is 2.40 bits per heavy atom. The van der Waals surface area contributed by atoms with Crippen molar-refractivity contribution in [1.29, 1.82) is 0 Å². The van der Waals surface area contributed by atoms with Crippen LogP contribution >= 0.6 is 22.6 Å². The van der Waals surface area contributed by atoms with E-state index in [9.17, 15) is 4.79 Å². The molecule has 2 nitrogen and oxygen atoms in total. The lowest BCUT2D eigenvalue weighted by molar-refractivity contribution is -0.140. The van der Waals surface area contributed by atoms with Gasteiger partial charge >= 0.3 is 5.97 Å². The van der Waals surface area contributed by atoms with Gasteiger partial charge in [0.25, 0.3) is 0 Å². The lowest BCUT2D eigenvalue weighted by Gasteiger charge is -2.20. The molecule has 1 rings (SSSR count). The summed E-state index contributed by atoms with van der Waals surface area (Å²) in [6.07, 6.45) is 0.696. The molecule has 0 radical (unpaired) electrons. The van der Waals surface area contributed by atoms with Gasteiger partial charge in [0.2, 0.25) is 0 Å². The first-order valence-corrected chi connectivity index (χ1v) is 4.84. The Bertz CT molecular complexity index is 154. The number of rotatable bonds is 1. The van der Waals surface area contributed by atoms with Gasteiger partial charge in [-0.25, -0.2) is 0 Å². The number of hydrogen-bond acceptors (Lipinski definition) is 2. The summed E-state index contributed by atoms with van der Waals surface area (Å²) in [6, 6.07) is 0. The Balaban J connectivity index is 2.67. The Kier molecular flexibility index (Phi) is 2.22. The van der Waals surface area contributed by atoms with Crippen LogP contribution in [0.5, 0.6) is 0 Å². The van der Waals surface area contributed by atoms with Crippen LogP contribution in [0.25, 0.3) is 0 Å². The summed E-state index contributed by atoms with van der Waals surface area (Å²) in [6.45, 7) is 4.14. The number of alkyl halides is 1. The van der Waals surface area contributed by atoms with Crippen LogP contribution in [0.3, 0.4) is 0 Å². The second-order valence-corrected chi connectivity index (χ2v) is 4.18. The summed E-state index contributed by atoms with van der Waals surface area (Å²) in [5.74, 6) is -0.0494. The van der Waals surface area contributed by atoms with Crippen molar-refractivity contribution in [2.75, 3.05) is 4.43 Å². The standard InChI is InChI=1S/C7H11IO2/c1-7(2)3-6(9)10-5(7)4-8/h5H,3-4H2,1-2H3/t5-/m1/s1. The second kappa shape index (κ2) is 2.68. The van der Waals surface area contributed by atoms with Crippen molar-refractivity contribution in [3.63, 3.8) is 0 Å². The maximum absolute atomic E-state index is 10.8. The normalized spacial score (nSPS) is 30.3. The predicted molar refractivity (Wildman–Crippen MR) is 47.2 cm³/mol. The molecule has 1 fully saturated rings. The molecule has 0 amide bonds. The fourth-order valence-electron chi connectivity index (χ4n) is 1.09. The van der Waals surface area contributed by atoms with Crippen molar-refractivity contribution in [2.45, 2.75) is 26.4 Å². The van der Waals surface area contributed by atoms with Crippen LogP contribution in [0.2, 0.25) is 0 Å². The van der Waals surface area contributed by atoms with Gasteiger partial charge in [-0.2, -0.15) is 0 Å². The third kappa shape index (κ3) is 1.44. The van der Waals surface area contributed by atoms with E-state index in [-0.39, 0.29) is 17.5 Å². The molecule has 1 aliphatic heterocycles. The van der Waals surface area contributed by atoms with E-state index >= 15 is 0 Å². The quantitative estimate of drug-likeness (QED) is 0.405. The Hall–Kier alpha value is 0.200. The van der Waals surface area contributed by atoms with E-state index in [1.54, 1.807) is 0 Å². The fraction of sp³-hybridized carbons (Fsp3) is 0.857. The van der Waals surface area contributed by atoms with Crippen LogP contribution in [0, 0.1) is 5.41 Å². The minimum atomic E-state index is -0.0494. The van der Waals surface area contributed by atoms with Crippen LogP contribution in [-0.2, 0) is 9.53 Å². The van der Waals surface area contributed by atoms with Crippen molar-refractivity contribution in [3.05, 3.63) is 0 Å². The maximum atomic E-state index is 10.8. The number of esters is 1. The molecule has 0 spiro atoms. The van der Waals surface area contributed by atoms with Gasteiger partial charge in [0.15, 0.2) is 0 Å². The number of carbonyl (C=O) groups excluding carboxylic acids is 1. The van der Waals surface area contributed by atoms with Crippen molar-refractivity contribution < 1.29 is 9.53 Å². The zero-order valence-electron chi connectivity index (χ0n) is 6.19. The Labute approximate surface area is 74.5 Å². The molecule has 0 aromatic carbocycles. The molecule has 0 aromatic heterocycles. The molecule has 0 N–H and O–H groups in total. The molecule has 0 aromatic rings. The first-order valence-electron chi connectivity index (χ1n) is 3.32. The molecule has 58 valence electrons. The Morgan fingerprint density at radius 3 is 2.60 bits per heavy atom. The molecule has 10 heavy (non-hydrogen) atoms. The highest BCUT2D eigenvalue weighted by Crippen LogP contribution is 2.35. The van der Waals surface area contributed by atoms with Crippen LogP contribution in [-0.4, -0.2) is 16.5 Å². The van der Waals surface area contributed by atoms with Crippen molar-refractivity contribution >= 4 is 28.6 Å². The number of hydrogen-bond donors (Lipinski definition) is 0. The van der Waals surface area contributed by atoms with Crippen LogP contribution < -0.4 is 0 Å². The van der Waals surface area contributed by atoms with E-state index in [0.717, 1.165) is 4.43 Å². The van der Waals surface area contributed by atoms with E-state index in [4.69, 9.17) is 4.74 Å². The van der Waals surface area contributed by atoms with E-state index in [1.165, 1.54) is 0 Å². The van der Waals surface area contributed by atoms with Crippen LogP contribution in [0.15, 0.2) is 0 Å². The third-order valence-electron chi connectivity index (χ3n) is 1.89. The minimum Gasteiger partial charge on any atom is -0.461 e. The average molecular weight is 254 g/mol. The summed E-state index contributed by atoms with van der Waals surface area (Å²) in [5.41, 5.74) is 0.0538. The summed E-state index contributed by atoms with van der Waals surface area (Å²) in [7, 11) is 0. The fourth-order valence-corrected chi connectivity index (χ4v) is 2.46. The van der Waals surface area contributed by atoms with Gasteiger partial charge in [0, 0.05) is 9.84 Å². The number of carbonyl (C=O) groups is 1. The monoisotopic (exact) mass is 254 g/mol. The molecule has 1 saturated heterocycles. The van der Waals surface area contributed by atoms with Crippen LogP contribution in [0.4, 0.5) is 0 Å². The first-order chi connectivity index (χ1) is 4.56. The van der Waals surface area contributed by atoms with Crippen molar-refractivity contribution in [1.82, 2.24) is 0 Å². The SMILES string of the molecule is CC1(C)CC(=O)O[C@@H]1CI. The highest BCUT2D eigenvalue weighted by molar-refractivity contribution is 14.1.